The van der Waals surface area contributed by atoms with Gasteiger partial charge < -0.3 is 29.9 Å². The van der Waals surface area contributed by atoms with Crippen LogP contribution in [-0.2, 0) is 0 Å². The average molecular weight is 504 g/mol. The number of carbonyl (C=O) groups is 1. The minimum Gasteiger partial charge on any atom is -0.497 e. The molecule has 3 aromatic carbocycles. The van der Waals surface area contributed by atoms with E-state index in [4.69, 9.17) is 9.47 Å². The first-order valence-electron chi connectivity index (χ1n) is 12.6. The molecule has 0 saturated carbocycles. The van der Waals surface area contributed by atoms with Gasteiger partial charge >= 0.3 is 6.03 Å². The van der Waals surface area contributed by atoms with Gasteiger partial charge in [0.15, 0.2) is 0 Å². The van der Waals surface area contributed by atoms with Crippen LogP contribution in [0.2, 0.25) is 0 Å². The topological polar surface area (TPSA) is 69.3 Å². The number of urea groups is 1. The zero-order chi connectivity index (χ0) is 26.2. The molecular formula is C29H37N5O3. The third-order valence-corrected chi connectivity index (χ3v) is 6.74. The van der Waals surface area contributed by atoms with Gasteiger partial charge in [0.2, 0.25) is 0 Å². The lowest BCUT2D eigenvalue weighted by Crippen LogP contribution is -2.50. The van der Waals surface area contributed by atoms with Crippen molar-refractivity contribution in [2.45, 2.75) is 6.04 Å². The van der Waals surface area contributed by atoms with Gasteiger partial charge in [0, 0.05) is 82.1 Å². The summed E-state index contributed by atoms with van der Waals surface area (Å²) < 4.78 is 10.6. The summed E-state index contributed by atoms with van der Waals surface area (Å²) in [5, 5.41) is 6.00. The molecule has 0 aliphatic carbocycles. The fourth-order valence-electron chi connectivity index (χ4n) is 4.63. The second kappa shape index (κ2) is 12.4. The summed E-state index contributed by atoms with van der Waals surface area (Å²) in [7, 11) is 7.24. The van der Waals surface area contributed by atoms with E-state index in [1.165, 1.54) is 11.3 Å². The number of nitrogens with zero attached hydrogens (tertiary/aromatic N) is 3. The van der Waals surface area contributed by atoms with Gasteiger partial charge in [-0.3, -0.25) is 4.90 Å². The Kier molecular flexibility index (Phi) is 8.74. The first-order chi connectivity index (χ1) is 18.0. The fourth-order valence-corrected chi connectivity index (χ4v) is 4.63. The predicted octanol–water partition coefficient (Wildman–Crippen LogP) is 4.45. The summed E-state index contributed by atoms with van der Waals surface area (Å²) in [5.41, 5.74) is 4.19. The molecule has 1 heterocycles. The van der Waals surface area contributed by atoms with Crippen molar-refractivity contribution in [1.29, 1.82) is 0 Å². The number of nitrogens with one attached hydrogen (secondary N) is 2. The summed E-state index contributed by atoms with van der Waals surface area (Å²) in [5.74, 6) is 1.23. The lowest BCUT2D eigenvalue weighted by Gasteiger charge is -2.40. The van der Waals surface area contributed by atoms with Crippen molar-refractivity contribution in [3.05, 3.63) is 78.4 Å². The van der Waals surface area contributed by atoms with Crippen LogP contribution < -0.4 is 29.9 Å². The van der Waals surface area contributed by atoms with Gasteiger partial charge in [0.1, 0.15) is 11.5 Å². The largest absolute Gasteiger partial charge is 0.497 e. The van der Waals surface area contributed by atoms with Gasteiger partial charge in [0.05, 0.1) is 20.3 Å². The van der Waals surface area contributed by atoms with Crippen LogP contribution in [0.15, 0.2) is 72.8 Å². The molecule has 4 rings (SSSR count). The third-order valence-electron chi connectivity index (χ3n) is 6.74. The first-order valence-corrected chi connectivity index (χ1v) is 12.6. The Hall–Kier alpha value is -3.91. The number of carbonyl (C=O) groups excluding carboxylic acids is 1. The maximum atomic E-state index is 12.9. The SMILES string of the molecule is COc1cc(NC(=O)NCC(c2ccc(N(C)C)cc2)N2CCN(c3ccccc3)CC2)cc(OC)c1. The highest BCUT2D eigenvalue weighted by molar-refractivity contribution is 5.89. The number of ether oxygens (including phenoxy) is 2. The van der Waals surface area contributed by atoms with Crippen LogP contribution in [0.5, 0.6) is 11.5 Å². The van der Waals surface area contributed by atoms with E-state index in [1.807, 2.05) is 20.2 Å². The number of methoxy groups -OCH3 is 2. The summed E-state index contributed by atoms with van der Waals surface area (Å²) in [4.78, 5) is 19.8. The highest BCUT2D eigenvalue weighted by Gasteiger charge is 2.26. The molecule has 1 saturated heterocycles. The van der Waals surface area contributed by atoms with Gasteiger partial charge in [-0.25, -0.2) is 4.79 Å². The van der Waals surface area contributed by atoms with Crippen molar-refractivity contribution in [2.24, 2.45) is 0 Å². The molecule has 1 fully saturated rings. The van der Waals surface area contributed by atoms with Crippen LogP contribution in [0, 0.1) is 0 Å². The van der Waals surface area contributed by atoms with Gasteiger partial charge in [0.25, 0.3) is 0 Å². The zero-order valence-corrected chi connectivity index (χ0v) is 22.1. The molecule has 8 heteroatoms. The van der Waals surface area contributed by atoms with Crippen molar-refractivity contribution in [3.63, 3.8) is 0 Å². The Labute approximate surface area is 219 Å². The predicted molar refractivity (Wildman–Crippen MR) is 150 cm³/mol. The Balaban J connectivity index is 1.45. The standard InChI is InChI=1S/C29H37N5O3/c1-32(2)24-12-10-22(11-13-24)28(34-16-14-33(15-17-34)25-8-6-5-7-9-25)21-30-29(35)31-23-18-26(36-3)20-27(19-23)37-4/h5-13,18-20,28H,14-17,21H2,1-4H3,(H2,30,31,35). The van der Waals surface area contributed by atoms with E-state index >= 15 is 0 Å². The Morgan fingerprint density at radius 1 is 0.892 bits per heavy atom. The number of hydrogen-bond acceptors (Lipinski definition) is 6. The molecule has 0 radical (unpaired) electrons. The second-order valence-electron chi connectivity index (χ2n) is 9.30. The molecule has 1 atom stereocenters. The smallest absolute Gasteiger partial charge is 0.319 e. The fraction of sp³-hybridized carbons (Fsp3) is 0.345. The van der Waals surface area contributed by atoms with Crippen LogP contribution >= 0.6 is 0 Å². The number of hydrogen-bond donors (Lipinski definition) is 2. The van der Waals surface area contributed by atoms with Crippen molar-refractivity contribution >= 4 is 23.1 Å². The van der Waals surface area contributed by atoms with Crippen molar-refractivity contribution in [1.82, 2.24) is 10.2 Å². The number of amides is 2. The minimum atomic E-state index is -0.270. The second-order valence-corrected chi connectivity index (χ2v) is 9.30. The summed E-state index contributed by atoms with van der Waals surface area (Å²) in [6, 6.07) is 24.2. The molecule has 3 aromatic rings. The van der Waals surface area contributed by atoms with Crippen LogP contribution in [0.3, 0.4) is 0 Å². The van der Waals surface area contributed by atoms with Gasteiger partial charge in [-0.15, -0.1) is 0 Å². The first kappa shape index (κ1) is 26.2. The van der Waals surface area contributed by atoms with E-state index in [9.17, 15) is 4.79 Å². The monoisotopic (exact) mass is 503 g/mol. The summed E-state index contributed by atoms with van der Waals surface area (Å²) in [6.07, 6.45) is 0. The number of anilines is 3. The lowest BCUT2D eigenvalue weighted by molar-refractivity contribution is 0.182. The zero-order valence-electron chi connectivity index (χ0n) is 22.1. The van der Waals surface area contributed by atoms with Crippen LogP contribution in [0.25, 0.3) is 0 Å². The number of piperazine rings is 1. The highest BCUT2D eigenvalue weighted by Crippen LogP contribution is 2.27. The Bertz CT molecular complexity index is 1120. The van der Waals surface area contributed by atoms with Gasteiger partial charge in [-0.05, 0) is 29.8 Å². The summed E-state index contributed by atoms with van der Waals surface area (Å²) >= 11 is 0. The maximum absolute atomic E-state index is 12.9. The maximum Gasteiger partial charge on any atom is 0.319 e. The molecule has 1 aliphatic heterocycles. The van der Waals surface area contributed by atoms with E-state index in [0.717, 1.165) is 31.9 Å². The van der Waals surface area contributed by atoms with E-state index in [2.05, 4.69) is 73.9 Å². The van der Waals surface area contributed by atoms with Crippen molar-refractivity contribution < 1.29 is 14.3 Å². The number of para-hydroxylation sites is 1. The number of rotatable bonds is 9. The third kappa shape index (κ3) is 6.86. The van der Waals surface area contributed by atoms with Crippen LogP contribution in [0.4, 0.5) is 21.9 Å². The van der Waals surface area contributed by atoms with Gasteiger partial charge in [-0.1, -0.05) is 30.3 Å². The van der Waals surface area contributed by atoms with E-state index in [1.54, 1.807) is 32.4 Å². The molecule has 0 spiro atoms. The van der Waals surface area contributed by atoms with Crippen molar-refractivity contribution in [2.75, 3.05) is 76.2 Å². The van der Waals surface area contributed by atoms with Crippen LogP contribution in [0.1, 0.15) is 11.6 Å². The molecule has 196 valence electrons. The highest BCUT2D eigenvalue weighted by atomic mass is 16.5. The summed E-state index contributed by atoms with van der Waals surface area (Å²) in [6.45, 7) is 4.18. The van der Waals surface area contributed by atoms with Crippen molar-refractivity contribution in [3.8, 4) is 11.5 Å². The molecule has 2 amide bonds. The Morgan fingerprint density at radius 3 is 2.08 bits per heavy atom. The molecule has 0 aromatic heterocycles. The normalized spacial score (nSPS) is 14.5. The molecule has 8 nitrogen and oxygen atoms in total. The molecule has 1 aliphatic rings. The molecular weight excluding hydrogens is 466 g/mol. The minimum absolute atomic E-state index is 0.0553. The van der Waals surface area contributed by atoms with E-state index in [0.29, 0.717) is 23.7 Å². The average Bonchev–Trinajstić information content (AvgIpc) is 2.94. The van der Waals surface area contributed by atoms with Crippen LogP contribution in [-0.4, -0.2) is 72.0 Å². The lowest BCUT2D eigenvalue weighted by atomic mass is 10.0. The molecule has 2 N–H and O–H groups in total. The molecule has 0 bridgehead atoms. The number of benzene rings is 3. The van der Waals surface area contributed by atoms with E-state index in [-0.39, 0.29) is 12.1 Å². The van der Waals surface area contributed by atoms with Gasteiger partial charge in [-0.2, -0.15) is 0 Å². The van der Waals surface area contributed by atoms with E-state index < -0.39 is 0 Å². The Morgan fingerprint density at radius 2 is 1.51 bits per heavy atom. The molecule has 1 unspecified atom stereocenters. The molecule has 37 heavy (non-hydrogen) atoms. The quantitative estimate of drug-likeness (QED) is 0.450.